The van der Waals surface area contributed by atoms with Crippen LogP contribution in [0, 0.1) is 11.3 Å². The number of aryl methyl sites for hydroxylation is 1. The zero-order valence-electron chi connectivity index (χ0n) is 6.49. The van der Waals surface area contributed by atoms with Crippen LogP contribution in [0.2, 0.25) is 0 Å². The molecule has 0 saturated carbocycles. The normalized spacial score (nSPS) is 10.2. The Balaban J connectivity index is 2.74. The molecule has 0 spiro atoms. The van der Waals surface area contributed by atoms with E-state index in [0.717, 1.165) is 12.1 Å². The summed E-state index contributed by atoms with van der Waals surface area (Å²) in [6.07, 6.45) is 7.28. The van der Waals surface area contributed by atoms with Crippen molar-refractivity contribution >= 4 is 6.08 Å². The minimum absolute atomic E-state index is 0.973. The lowest BCUT2D eigenvalue weighted by Gasteiger charge is -1.91. The van der Waals surface area contributed by atoms with Crippen molar-refractivity contribution in [2.75, 3.05) is 0 Å². The van der Waals surface area contributed by atoms with Gasteiger partial charge in [-0.15, -0.1) is 0 Å². The fraction of sp³-hybridized carbons (Fsp3) is 0.222. The van der Waals surface area contributed by atoms with E-state index in [0.29, 0.717) is 0 Å². The first-order valence-electron chi connectivity index (χ1n) is 3.58. The van der Waals surface area contributed by atoms with Gasteiger partial charge in [0.25, 0.3) is 0 Å². The highest BCUT2D eigenvalue weighted by Crippen LogP contribution is 2.02. The Morgan fingerprint density at radius 3 is 3.09 bits per heavy atom. The zero-order valence-corrected chi connectivity index (χ0v) is 6.49. The van der Waals surface area contributed by atoms with Crippen LogP contribution in [0.15, 0.2) is 24.5 Å². The molecule has 2 heteroatoms. The van der Waals surface area contributed by atoms with Gasteiger partial charge in [-0.3, -0.25) is 0 Å². The molecular formula is C9H10N2. The SMILES string of the molecule is CCn1ccc(/C=C/C#N)c1. The van der Waals surface area contributed by atoms with Crippen molar-refractivity contribution in [2.24, 2.45) is 0 Å². The second-order valence-corrected chi connectivity index (χ2v) is 2.24. The first-order chi connectivity index (χ1) is 5.36. The molecule has 1 aromatic rings. The smallest absolute Gasteiger partial charge is 0.0912 e. The van der Waals surface area contributed by atoms with Crippen molar-refractivity contribution in [1.29, 1.82) is 5.26 Å². The maximum atomic E-state index is 8.25. The summed E-state index contributed by atoms with van der Waals surface area (Å²) >= 11 is 0. The first kappa shape index (κ1) is 7.62. The largest absolute Gasteiger partial charge is 0.354 e. The van der Waals surface area contributed by atoms with Crippen LogP contribution in [0.4, 0.5) is 0 Å². The highest BCUT2D eigenvalue weighted by atomic mass is 14.9. The summed E-state index contributed by atoms with van der Waals surface area (Å²) in [5.74, 6) is 0. The van der Waals surface area contributed by atoms with Crippen LogP contribution in [0.25, 0.3) is 6.08 Å². The van der Waals surface area contributed by atoms with Gasteiger partial charge in [-0.05, 0) is 24.6 Å². The number of aromatic nitrogens is 1. The van der Waals surface area contributed by atoms with Gasteiger partial charge >= 0.3 is 0 Å². The van der Waals surface area contributed by atoms with Gasteiger partial charge in [-0.1, -0.05) is 0 Å². The summed E-state index contributed by atoms with van der Waals surface area (Å²) in [6, 6.07) is 3.94. The Kier molecular flexibility index (Phi) is 2.51. The van der Waals surface area contributed by atoms with E-state index in [1.165, 1.54) is 6.08 Å². The van der Waals surface area contributed by atoms with Crippen molar-refractivity contribution < 1.29 is 0 Å². The minimum atomic E-state index is 0.973. The average molecular weight is 146 g/mol. The lowest BCUT2D eigenvalue weighted by atomic mass is 10.3. The Morgan fingerprint density at radius 2 is 2.55 bits per heavy atom. The van der Waals surface area contributed by atoms with Gasteiger partial charge in [0.2, 0.25) is 0 Å². The van der Waals surface area contributed by atoms with Crippen molar-refractivity contribution in [3.05, 3.63) is 30.1 Å². The van der Waals surface area contributed by atoms with Crippen molar-refractivity contribution in [1.82, 2.24) is 4.57 Å². The van der Waals surface area contributed by atoms with Gasteiger partial charge in [0.05, 0.1) is 6.07 Å². The molecule has 0 atom stereocenters. The Labute approximate surface area is 66.4 Å². The van der Waals surface area contributed by atoms with Crippen LogP contribution >= 0.6 is 0 Å². The third-order valence-corrected chi connectivity index (χ3v) is 1.49. The van der Waals surface area contributed by atoms with Crippen LogP contribution in [0.5, 0.6) is 0 Å². The number of hydrogen-bond acceptors (Lipinski definition) is 1. The summed E-state index contributed by atoms with van der Waals surface area (Å²) in [5.41, 5.74) is 1.08. The Hall–Kier alpha value is -1.49. The average Bonchev–Trinajstić information content (AvgIpc) is 2.48. The Bertz CT molecular complexity index is 289. The third-order valence-electron chi connectivity index (χ3n) is 1.49. The predicted octanol–water partition coefficient (Wildman–Crippen LogP) is 2.04. The molecule has 0 fully saturated rings. The number of nitrogens with zero attached hydrogens (tertiary/aromatic N) is 2. The monoisotopic (exact) mass is 146 g/mol. The molecule has 0 unspecified atom stereocenters. The fourth-order valence-corrected chi connectivity index (χ4v) is 0.888. The van der Waals surface area contributed by atoms with Crippen molar-refractivity contribution in [3.63, 3.8) is 0 Å². The van der Waals surface area contributed by atoms with E-state index in [1.807, 2.05) is 24.5 Å². The highest BCUT2D eigenvalue weighted by Gasteiger charge is 1.88. The van der Waals surface area contributed by atoms with Crippen LogP contribution in [-0.4, -0.2) is 4.57 Å². The van der Waals surface area contributed by atoms with Crippen LogP contribution < -0.4 is 0 Å². The molecule has 2 nitrogen and oxygen atoms in total. The van der Waals surface area contributed by atoms with Crippen LogP contribution in [-0.2, 0) is 6.54 Å². The van der Waals surface area contributed by atoms with Gasteiger partial charge in [0.1, 0.15) is 0 Å². The number of rotatable bonds is 2. The molecular weight excluding hydrogens is 136 g/mol. The summed E-state index contributed by atoms with van der Waals surface area (Å²) in [4.78, 5) is 0. The Morgan fingerprint density at radius 1 is 1.73 bits per heavy atom. The molecule has 56 valence electrons. The first-order valence-corrected chi connectivity index (χ1v) is 3.58. The molecule has 0 bridgehead atoms. The van der Waals surface area contributed by atoms with Gasteiger partial charge in [-0.2, -0.15) is 5.26 Å². The van der Waals surface area contributed by atoms with E-state index in [-0.39, 0.29) is 0 Å². The molecule has 0 aliphatic rings. The second kappa shape index (κ2) is 3.62. The second-order valence-electron chi connectivity index (χ2n) is 2.24. The van der Waals surface area contributed by atoms with E-state index in [2.05, 4.69) is 11.5 Å². The van der Waals surface area contributed by atoms with Gasteiger partial charge in [-0.25, -0.2) is 0 Å². The van der Waals surface area contributed by atoms with Crippen LogP contribution in [0.3, 0.4) is 0 Å². The predicted molar refractivity (Wildman–Crippen MR) is 44.8 cm³/mol. The molecule has 0 radical (unpaired) electrons. The lowest BCUT2D eigenvalue weighted by molar-refractivity contribution is 0.769. The molecule has 0 saturated heterocycles. The van der Waals surface area contributed by atoms with Gasteiger partial charge in [0.15, 0.2) is 0 Å². The van der Waals surface area contributed by atoms with E-state index in [4.69, 9.17) is 5.26 Å². The highest BCUT2D eigenvalue weighted by molar-refractivity contribution is 5.50. The van der Waals surface area contributed by atoms with Crippen molar-refractivity contribution in [2.45, 2.75) is 13.5 Å². The molecule has 0 N–H and O–H groups in total. The molecule has 1 heterocycles. The van der Waals surface area contributed by atoms with E-state index in [1.54, 1.807) is 6.08 Å². The van der Waals surface area contributed by atoms with Gasteiger partial charge in [0, 0.05) is 25.0 Å². The molecule has 0 amide bonds. The lowest BCUT2D eigenvalue weighted by Crippen LogP contribution is -1.86. The standard InChI is InChI=1S/C9H10N2/c1-2-11-7-5-9(8-11)4-3-6-10/h3-5,7-8H,2H2,1H3/b4-3+. The zero-order chi connectivity index (χ0) is 8.10. The van der Waals surface area contributed by atoms with E-state index < -0.39 is 0 Å². The van der Waals surface area contributed by atoms with E-state index >= 15 is 0 Å². The molecule has 11 heavy (non-hydrogen) atoms. The number of allylic oxidation sites excluding steroid dienone is 1. The molecule has 0 aliphatic heterocycles. The molecule has 0 aromatic carbocycles. The maximum Gasteiger partial charge on any atom is 0.0912 e. The maximum absolute atomic E-state index is 8.25. The summed E-state index contributed by atoms with van der Waals surface area (Å²) in [6.45, 7) is 3.05. The number of nitriles is 1. The van der Waals surface area contributed by atoms with Crippen molar-refractivity contribution in [3.8, 4) is 6.07 Å². The van der Waals surface area contributed by atoms with E-state index in [9.17, 15) is 0 Å². The number of hydrogen-bond donors (Lipinski definition) is 0. The molecule has 1 aromatic heterocycles. The van der Waals surface area contributed by atoms with Crippen LogP contribution in [0.1, 0.15) is 12.5 Å². The minimum Gasteiger partial charge on any atom is -0.354 e. The summed E-state index contributed by atoms with van der Waals surface area (Å²) in [5, 5.41) is 8.25. The molecule has 0 aliphatic carbocycles. The summed E-state index contributed by atoms with van der Waals surface area (Å²) in [7, 11) is 0. The summed E-state index contributed by atoms with van der Waals surface area (Å²) < 4.78 is 2.07. The molecule has 1 rings (SSSR count). The third kappa shape index (κ3) is 1.98. The topological polar surface area (TPSA) is 28.7 Å². The fourth-order valence-electron chi connectivity index (χ4n) is 0.888. The van der Waals surface area contributed by atoms with Gasteiger partial charge < -0.3 is 4.57 Å². The quantitative estimate of drug-likeness (QED) is 0.587.